The molecule has 0 aliphatic rings. The van der Waals surface area contributed by atoms with Gasteiger partial charge in [0.15, 0.2) is 11.6 Å². The molecule has 0 aliphatic heterocycles. The SMILES string of the molecule is CC(=O)c1ccc(-n2cc[n+](C)c2)cc1.CC(=O)c1ccc(-n2cc[n+](C)c2)cc1.CS(=O)(=O)[O-].[I-]. The predicted octanol–water partition coefficient (Wildman–Crippen LogP) is -0.826. The number of hydrogen-bond donors (Lipinski definition) is 0. The highest BCUT2D eigenvalue weighted by molar-refractivity contribution is 7.84. The molecule has 4 aromatic rings. The molecule has 0 aliphatic carbocycles. The second-order valence-corrected chi connectivity index (χ2v) is 9.29. The van der Waals surface area contributed by atoms with Gasteiger partial charge in [-0.05, 0) is 62.4 Å². The van der Waals surface area contributed by atoms with E-state index in [-0.39, 0.29) is 35.5 Å². The number of hydrogen-bond acceptors (Lipinski definition) is 5. The molecule has 0 spiro atoms. The van der Waals surface area contributed by atoms with Crippen LogP contribution in [0.3, 0.4) is 0 Å². The number of imidazole rings is 2. The summed E-state index contributed by atoms with van der Waals surface area (Å²) in [6, 6.07) is 15.1. The molecule has 0 fully saturated rings. The maximum atomic E-state index is 11.1. The van der Waals surface area contributed by atoms with Crippen molar-refractivity contribution in [3.8, 4) is 11.4 Å². The van der Waals surface area contributed by atoms with Gasteiger partial charge in [0.25, 0.3) is 0 Å². The maximum Gasteiger partial charge on any atom is 0.248 e. The van der Waals surface area contributed by atoms with Gasteiger partial charge in [-0.3, -0.25) is 9.59 Å². The van der Waals surface area contributed by atoms with Gasteiger partial charge in [0.2, 0.25) is 12.7 Å². The Morgan fingerprint density at radius 1 is 0.722 bits per heavy atom. The quantitative estimate of drug-likeness (QED) is 0.128. The van der Waals surface area contributed by atoms with Gasteiger partial charge in [0, 0.05) is 17.4 Å². The topological polar surface area (TPSA) is 109 Å². The average Bonchev–Trinajstić information content (AvgIpc) is 3.41. The van der Waals surface area contributed by atoms with Crippen molar-refractivity contribution in [3.05, 3.63) is 97.1 Å². The standard InChI is InChI=1S/2C12H13N2O.CH4O3S.HI/c2*1-10(15)11-3-5-12(6-4-11)14-8-7-13(2)9-14;1-5(2,3)4;/h2*3-9H,1-2H3;1H3,(H,2,3,4);1H/q2*+1;;/p-2. The van der Waals surface area contributed by atoms with E-state index in [1.165, 1.54) is 0 Å². The Hall–Kier alpha value is -3.16. The summed E-state index contributed by atoms with van der Waals surface area (Å²) in [4.78, 5) is 22.2. The summed E-state index contributed by atoms with van der Waals surface area (Å²) in [5, 5.41) is 0. The lowest BCUT2D eigenvalue weighted by molar-refractivity contribution is -0.670. The van der Waals surface area contributed by atoms with Crippen LogP contribution in [0, 0.1) is 0 Å². The number of rotatable bonds is 4. The number of ketones is 2. The maximum absolute atomic E-state index is 11.1. The number of benzene rings is 2. The molecule has 0 saturated carbocycles. The molecule has 0 bridgehead atoms. The normalized spacial score (nSPS) is 10.2. The molecule has 36 heavy (non-hydrogen) atoms. The fourth-order valence-electron chi connectivity index (χ4n) is 2.94. The van der Waals surface area contributed by atoms with Crippen molar-refractivity contribution in [2.75, 3.05) is 6.26 Å². The van der Waals surface area contributed by atoms with Gasteiger partial charge in [-0.2, -0.15) is 0 Å². The van der Waals surface area contributed by atoms with Gasteiger partial charge >= 0.3 is 0 Å². The first-order chi connectivity index (χ1) is 16.3. The first-order valence-corrected chi connectivity index (χ1v) is 12.3. The van der Waals surface area contributed by atoms with Crippen molar-refractivity contribution in [2.24, 2.45) is 14.1 Å². The third kappa shape index (κ3) is 10.6. The van der Waals surface area contributed by atoms with E-state index in [0.29, 0.717) is 6.26 Å². The fourth-order valence-corrected chi connectivity index (χ4v) is 2.94. The van der Waals surface area contributed by atoms with Crippen LogP contribution in [0.15, 0.2) is 86.0 Å². The van der Waals surface area contributed by atoms with E-state index in [0.717, 1.165) is 22.5 Å². The fraction of sp³-hybridized carbons (Fsp3) is 0.200. The van der Waals surface area contributed by atoms with Crippen molar-refractivity contribution >= 4 is 21.7 Å². The van der Waals surface area contributed by atoms with E-state index >= 15 is 0 Å². The molecule has 2 aromatic carbocycles. The summed E-state index contributed by atoms with van der Waals surface area (Å²) >= 11 is 0. The molecular formula is C25H29IN4O5S. The van der Waals surface area contributed by atoms with Crippen molar-refractivity contribution < 1.29 is 55.7 Å². The highest BCUT2D eigenvalue weighted by Crippen LogP contribution is 2.10. The Balaban J connectivity index is 0.000000298. The zero-order chi connectivity index (χ0) is 26.2. The molecule has 2 heterocycles. The van der Waals surface area contributed by atoms with E-state index < -0.39 is 10.1 Å². The first kappa shape index (κ1) is 30.9. The predicted molar refractivity (Wildman–Crippen MR) is 130 cm³/mol. The van der Waals surface area contributed by atoms with Crippen molar-refractivity contribution in [1.82, 2.24) is 9.13 Å². The Kier molecular flexibility index (Phi) is 11.8. The molecule has 2 aromatic heterocycles. The molecule has 0 radical (unpaired) electrons. The van der Waals surface area contributed by atoms with Crippen LogP contribution in [0.4, 0.5) is 0 Å². The first-order valence-electron chi connectivity index (χ1n) is 10.5. The van der Waals surface area contributed by atoms with Crippen LogP contribution in [-0.4, -0.2) is 39.9 Å². The Morgan fingerprint density at radius 3 is 1.19 bits per heavy atom. The van der Waals surface area contributed by atoms with Crippen LogP contribution in [0.5, 0.6) is 0 Å². The molecule has 0 N–H and O–H groups in total. The zero-order valence-electron chi connectivity index (χ0n) is 20.7. The van der Waals surface area contributed by atoms with E-state index in [9.17, 15) is 9.59 Å². The smallest absolute Gasteiger partial charge is 0.248 e. The number of Topliss-reactive ketones (excluding diaryl/α,β-unsaturated/α-hetero) is 2. The molecular weight excluding hydrogens is 595 g/mol. The van der Waals surface area contributed by atoms with Gasteiger partial charge in [0.1, 0.15) is 36.2 Å². The number of nitrogens with zero attached hydrogens (tertiary/aromatic N) is 4. The Morgan fingerprint density at radius 2 is 1.00 bits per heavy atom. The third-order valence-electron chi connectivity index (χ3n) is 4.68. The summed E-state index contributed by atoms with van der Waals surface area (Å²) in [5.41, 5.74) is 3.60. The molecule has 0 amide bonds. The van der Waals surface area contributed by atoms with Crippen LogP contribution in [0.25, 0.3) is 11.4 Å². The summed E-state index contributed by atoms with van der Waals surface area (Å²) in [7, 11) is 0.0286. The lowest BCUT2D eigenvalue weighted by atomic mass is 10.1. The number of carbonyl (C=O) groups excluding carboxylic acids is 2. The molecule has 0 atom stereocenters. The molecule has 9 nitrogen and oxygen atoms in total. The van der Waals surface area contributed by atoms with Gasteiger partial charge in [-0.15, -0.1) is 0 Å². The molecule has 0 saturated heterocycles. The third-order valence-corrected chi connectivity index (χ3v) is 4.68. The Bertz CT molecular complexity index is 1290. The molecule has 4 rings (SSSR count). The van der Waals surface area contributed by atoms with Crippen molar-refractivity contribution in [2.45, 2.75) is 13.8 Å². The lowest BCUT2D eigenvalue weighted by Gasteiger charge is -1.97. The van der Waals surface area contributed by atoms with E-state index in [1.54, 1.807) is 13.8 Å². The van der Waals surface area contributed by atoms with Gasteiger partial charge in [0.05, 0.1) is 24.2 Å². The monoisotopic (exact) mass is 624 g/mol. The summed E-state index contributed by atoms with van der Waals surface area (Å²) in [5.74, 6) is 0.194. The number of halogens is 1. The van der Waals surface area contributed by atoms with Crippen LogP contribution in [0.2, 0.25) is 0 Å². The summed E-state index contributed by atoms with van der Waals surface area (Å²) in [6.45, 7) is 3.15. The highest BCUT2D eigenvalue weighted by atomic mass is 127. The average molecular weight is 625 g/mol. The van der Waals surface area contributed by atoms with Crippen LogP contribution >= 0.6 is 0 Å². The minimum Gasteiger partial charge on any atom is -1.00 e. The van der Waals surface area contributed by atoms with Crippen LogP contribution in [0.1, 0.15) is 34.6 Å². The molecule has 11 heteroatoms. The second-order valence-electron chi connectivity index (χ2n) is 7.88. The van der Waals surface area contributed by atoms with Crippen LogP contribution < -0.4 is 33.1 Å². The number of aromatic nitrogens is 4. The van der Waals surface area contributed by atoms with E-state index in [4.69, 9.17) is 13.0 Å². The Labute approximate surface area is 228 Å². The number of carbonyl (C=O) groups is 2. The second kappa shape index (κ2) is 13.8. The number of aryl methyl sites for hydroxylation is 2. The molecule has 192 valence electrons. The largest absolute Gasteiger partial charge is 1.00 e. The minimum absolute atomic E-state index is 0. The summed E-state index contributed by atoms with van der Waals surface area (Å²) < 4.78 is 35.2. The molecule has 0 unspecified atom stereocenters. The van der Waals surface area contributed by atoms with Crippen molar-refractivity contribution in [1.29, 1.82) is 0 Å². The highest BCUT2D eigenvalue weighted by Gasteiger charge is 2.06. The van der Waals surface area contributed by atoms with E-state index in [2.05, 4.69) is 0 Å². The minimum atomic E-state index is -3.92. The van der Waals surface area contributed by atoms with Gasteiger partial charge in [-0.25, -0.2) is 26.7 Å². The van der Waals surface area contributed by atoms with E-state index in [1.807, 2.05) is 118 Å². The van der Waals surface area contributed by atoms with Crippen molar-refractivity contribution in [3.63, 3.8) is 0 Å². The van der Waals surface area contributed by atoms with Gasteiger partial charge in [-0.1, -0.05) is 0 Å². The summed E-state index contributed by atoms with van der Waals surface area (Å²) in [6.07, 6.45) is 12.4. The lowest BCUT2D eigenvalue weighted by Crippen LogP contribution is -3.00. The zero-order valence-corrected chi connectivity index (χ0v) is 23.7. The van der Waals surface area contributed by atoms with Crippen LogP contribution in [-0.2, 0) is 24.2 Å². The van der Waals surface area contributed by atoms with Gasteiger partial charge < -0.3 is 28.5 Å².